The number of hydrogen-bond acceptors (Lipinski definition) is 5. The van der Waals surface area contributed by atoms with E-state index in [0.29, 0.717) is 12.8 Å². The molecule has 2 aliphatic heterocycles. The van der Waals surface area contributed by atoms with Crippen molar-refractivity contribution in [1.29, 1.82) is 0 Å². The maximum Gasteiger partial charge on any atom is 0.308 e. The lowest BCUT2D eigenvalue weighted by atomic mass is 9.88. The van der Waals surface area contributed by atoms with Crippen LogP contribution in [-0.4, -0.2) is 28.9 Å². The molecule has 0 amide bonds. The number of hydrogen-bond donors (Lipinski definition) is 1. The fourth-order valence-corrected chi connectivity index (χ4v) is 6.10. The molecule has 0 saturated carbocycles. The smallest absolute Gasteiger partial charge is 0.308 e. The first-order valence-corrected chi connectivity index (χ1v) is 13.7. The molecule has 1 saturated heterocycles. The Bertz CT molecular complexity index is 1240. The van der Waals surface area contributed by atoms with Gasteiger partial charge in [0.2, 0.25) is 0 Å². The zero-order chi connectivity index (χ0) is 26.9. The summed E-state index contributed by atoms with van der Waals surface area (Å²) in [6.45, 7) is 10.3. The highest BCUT2D eigenvalue weighted by atomic mass is 16.5. The lowest BCUT2D eigenvalue weighted by molar-refractivity contribution is -0.160. The molecule has 38 heavy (non-hydrogen) atoms. The van der Waals surface area contributed by atoms with Crippen LogP contribution in [0.1, 0.15) is 66.5 Å². The molecule has 5 nitrogen and oxygen atoms in total. The van der Waals surface area contributed by atoms with Crippen LogP contribution in [0.4, 0.5) is 5.69 Å². The molecule has 5 rings (SSSR count). The van der Waals surface area contributed by atoms with Gasteiger partial charge < -0.3 is 19.5 Å². The number of aliphatic hydroxyl groups is 1. The summed E-state index contributed by atoms with van der Waals surface area (Å²) in [5.74, 6) is 0.686. The molecule has 1 fully saturated rings. The van der Waals surface area contributed by atoms with E-state index < -0.39 is 6.10 Å². The number of carbonyl (C=O) groups is 1. The first-order chi connectivity index (χ1) is 18.2. The van der Waals surface area contributed by atoms with E-state index in [9.17, 15) is 9.90 Å². The standard InChI is InChI=1S/C33H39NO4/c1-22-28(16-15-27-17-26(35)18-30(36)37-27)32-29(19-33(3,4)38-32)23(2)31(22)34(20-24-11-7-5-8-12-24)21-25-13-9-6-10-14-25/h5-14,26-27,35H,15-21H2,1-4H3/t26-,27-/m1/s1. The van der Waals surface area contributed by atoms with E-state index in [1.807, 2.05) is 0 Å². The van der Waals surface area contributed by atoms with Gasteiger partial charge in [-0.05, 0) is 68.4 Å². The summed E-state index contributed by atoms with van der Waals surface area (Å²) in [5.41, 5.74) is 8.48. The number of fused-ring (bicyclic) bond motifs is 1. The highest BCUT2D eigenvalue weighted by Gasteiger charge is 2.37. The summed E-state index contributed by atoms with van der Waals surface area (Å²) in [5, 5.41) is 10.1. The molecule has 5 heteroatoms. The molecule has 2 heterocycles. The van der Waals surface area contributed by atoms with Gasteiger partial charge in [0.25, 0.3) is 0 Å². The lowest BCUT2D eigenvalue weighted by Gasteiger charge is -2.32. The minimum absolute atomic E-state index is 0.0881. The summed E-state index contributed by atoms with van der Waals surface area (Å²) >= 11 is 0. The van der Waals surface area contributed by atoms with E-state index in [2.05, 4.69) is 93.3 Å². The number of esters is 1. The van der Waals surface area contributed by atoms with Crippen LogP contribution in [0.2, 0.25) is 0 Å². The van der Waals surface area contributed by atoms with Gasteiger partial charge in [0, 0.05) is 37.2 Å². The summed E-state index contributed by atoms with van der Waals surface area (Å²) in [6.07, 6.45) is 1.94. The third-order valence-electron chi connectivity index (χ3n) is 7.85. The van der Waals surface area contributed by atoms with E-state index in [1.165, 1.54) is 39.1 Å². The lowest BCUT2D eigenvalue weighted by Crippen LogP contribution is -2.33. The van der Waals surface area contributed by atoms with Crippen molar-refractivity contribution in [2.45, 2.75) is 90.7 Å². The largest absolute Gasteiger partial charge is 0.487 e. The Kier molecular flexibility index (Phi) is 7.49. The highest BCUT2D eigenvalue weighted by Crippen LogP contribution is 2.47. The van der Waals surface area contributed by atoms with Crippen molar-refractivity contribution in [3.63, 3.8) is 0 Å². The van der Waals surface area contributed by atoms with Gasteiger partial charge in [-0.2, -0.15) is 0 Å². The topological polar surface area (TPSA) is 59.0 Å². The predicted molar refractivity (Wildman–Crippen MR) is 151 cm³/mol. The minimum atomic E-state index is -0.621. The van der Waals surface area contributed by atoms with Gasteiger partial charge in [0.05, 0.1) is 12.5 Å². The molecule has 2 atom stereocenters. The fraction of sp³-hybridized carbons (Fsp3) is 0.424. The first kappa shape index (κ1) is 26.3. The van der Waals surface area contributed by atoms with Gasteiger partial charge in [-0.25, -0.2) is 0 Å². The number of carbonyl (C=O) groups excluding carboxylic acids is 1. The highest BCUT2D eigenvalue weighted by molar-refractivity contribution is 5.71. The van der Waals surface area contributed by atoms with E-state index in [0.717, 1.165) is 31.7 Å². The third kappa shape index (κ3) is 5.73. The van der Waals surface area contributed by atoms with Crippen LogP contribution in [-0.2, 0) is 35.5 Å². The van der Waals surface area contributed by atoms with Gasteiger partial charge in [0.1, 0.15) is 17.5 Å². The SMILES string of the molecule is Cc1c(CC[C@@H]2C[C@@H](O)CC(=O)O2)c2c(c(C)c1N(Cc1ccccc1)Cc1ccccc1)CC(C)(C)O2. The summed E-state index contributed by atoms with van der Waals surface area (Å²) in [6, 6.07) is 21.3. The Balaban J connectivity index is 1.55. The van der Waals surface area contributed by atoms with Crippen LogP contribution < -0.4 is 9.64 Å². The average Bonchev–Trinajstić information content (AvgIpc) is 3.20. The molecule has 3 aromatic rings. The Hall–Kier alpha value is -3.31. The van der Waals surface area contributed by atoms with Crippen molar-refractivity contribution in [1.82, 2.24) is 0 Å². The van der Waals surface area contributed by atoms with Crippen molar-refractivity contribution >= 4 is 11.7 Å². The van der Waals surface area contributed by atoms with Crippen LogP contribution in [0.3, 0.4) is 0 Å². The molecule has 0 spiro atoms. The Labute approximate surface area is 226 Å². The molecule has 0 aromatic heterocycles. The molecule has 2 aliphatic rings. The van der Waals surface area contributed by atoms with Gasteiger partial charge in [0.15, 0.2) is 0 Å². The van der Waals surface area contributed by atoms with Gasteiger partial charge >= 0.3 is 5.97 Å². The van der Waals surface area contributed by atoms with Crippen molar-refractivity contribution < 1.29 is 19.4 Å². The Morgan fingerprint density at radius 1 is 0.947 bits per heavy atom. The first-order valence-electron chi connectivity index (χ1n) is 13.7. The van der Waals surface area contributed by atoms with E-state index in [1.54, 1.807) is 0 Å². The maximum atomic E-state index is 12.0. The van der Waals surface area contributed by atoms with Crippen molar-refractivity contribution in [3.8, 4) is 5.75 Å². The van der Waals surface area contributed by atoms with Crippen LogP contribution in [0.15, 0.2) is 60.7 Å². The molecule has 0 bridgehead atoms. The Morgan fingerprint density at radius 3 is 2.13 bits per heavy atom. The van der Waals surface area contributed by atoms with E-state index in [-0.39, 0.29) is 24.1 Å². The second-order valence-electron chi connectivity index (χ2n) is 11.5. The minimum Gasteiger partial charge on any atom is -0.487 e. The van der Waals surface area contributed by atoms with Crippen LogP contribution in [0, 0.1) is 13.8 Å². The molecule has 200 valence electrons. The monoisotopic (exact) mass is 513 g/mol. The Morgan fingerprint density at radius 2 is 1.55 bits per heavy atom. The average molecular weight is 514 g/mol. The van der Waals surface area contributed by atoms with Crippen LogP contribution in [0.25, 0.3) is 0 Å². The number of aliphatic hydroxyl groups excluding tert-OH is 1. The predicted octanol–water partition coefficient (Wildman–Crippen LogP) is 6.22. The third-order valence-corrected chi connectivity index (χ3v) is 7.85. The number of anilines is 1. The molecule has 0 aliphatic carbocycles. The second-order valence-corrected chi connectivity index (χ2v) is 11.5. The fourth-order valence-electron chi connectivity index (χ4n) is 6.10. The van der Waals surface area contributed by atoms with E-state index >= 15 is 0 Å². The van der Waals surface area contributed by atoms with Crippen LogP contribution in [0.5, 0.6) is 5.75 Å². The summed E-state index contributed by atoms with van der Waals surface area (Å²) in [7, 11) is 0. The quantitative estimate of drug-likeness (QED) is 0.362. The number of benzene rings is 3. The molecule has 0 radical (unpaired) electrons. The number of nitrogens with zero attached hydrogens (tertiary/aromatic N) is 1. The molecule has 1 N–H and O–H groups in total. The zero-order valence-electron chi connectivity index (χ0n) is 23.0. The van der Waals surface area contributed by atoms with Gasteiger partial charge in [-0.1, -0.05) is 60.7 Å². The normalized spacial score (nSPS) is 20.0. The zero-order valence-corrected chi connectivity index (χ0v) is 23.0. The molecular formula is C33H39NO4. The molecule has 3 aromatic carbocycles. The van der Waals surface area contributed by atoms with Crippen molar-refractivity contribution in [2.24, 2.45) is 0 Å². The number of rotatable bonds is 8. The summed E-state index contributed by atoms with van der Waals surface area (Å²) in [4.78, 5) is 14.5. The second kappa shape index (κ2) is 10.8. The van der Waals surface area contributed by atoms with E-state index in [4.69, 9.17) is 9.47 Å². The van der Waals surface area contributed by atoms with Crippen molar-refractivity contribution in [2.75, 3.05) is 4.90 Å². The van der Waals surface area contributed by atoms with Crippen LogP contribution >= 0.6 is 0 Å². The molecular weight excluding hydrogens is 474 g/mol. The number of ether oxygens (including phenoxy) is 2. The summed E-state index contributed by atoms with van der Waals surface area (Å²) < 4.78 is 12.2. The van der Waals surface area contributed by atoms with Crippen molar-refractivity contribution in [3.05, 3.63) is 94.0 Å². The number of cyclic esters (lactones) is 1. The van der Waals surface area contributed by atoms with Gasteiger partial charge in [-0.3, -0.25) is 4.79 Å². The van der Waals surface area contributed by atoms with Gasteiger partial charge in [-0.15, -0.1) is 0 Å². The molecule has 0 unspecified atom stereocenters. The maximum absolute atomic E-state index is 12.0.